The Morgan fingerprint density at radius 3 is 2.60 bits per heavy atom. The topological polar surface area (TPSA) is 21.3 Å². The van der Waals surface area contributed by atoms with E-state index in [1.165, 1.54) is 5.56 Å². The zero-order chi connectivity index (χ0) is 14.5. The van der Waals surface area contributed by atoms with E-state index in [-0.39, 0.29) is 0 Å². The summed E-state index contributed by atoms with van der Waals surface area (Å²) in [7, 11) is 1.92. The van der Waals surface area contributed by atoms with Crippen molar-refractivity contribution in [3.05, 3.63) is 62.0 Å². The van der Waals surface area contributed by atoms with Crippen molar-refractivity contribution in [3.8, 4) is 5.75 Å². The van der Waals surface area contributed by atoms with E-state index in [0.29, 0.717) is 16.7 Å². The lowest BCUT2D eigenvalue weighted by Gasteiger charge is -2.11. The van der Waals surface area contributed by atoms with Gasteiger partial charge in [-0.3, -0.25) is 0 Å². The molecule has 2 nitrogen and oxygen atoms in total. The molecule has 5 heteroatoms. The number of hydrogen-bond donors (Lipinski definition) is 1. The molecule has 0 aliphatic carbocycles. The summed E-state index contributed by atoms with van der Waals surface area (Å²) in [6.07, 6.45) is 0. The van der Waals surface area contributed by atoms with E-state index >= 15 is 0 Å². The fourth-order valence-corrected chi connectivity index (χ4v) is 2.77. The molecular formula is C15H14BrCl2NO. The first-order chi connectivity index (χ1) is 9.60. The lowest BCUT2D eigenvalue weighted by atomic mass is 10.2. The second kappa shape index (κ2) is 7.32. The molecule has 0 aliphatic heterocycles. The van der Waals surface area contributed by atoms with Crippen LogP contribution in [-0.2, 0) is 13.2 Å². The smallest absolute Gasteiger partial charge is 0.134 e. The van der Waals surface area contributed by atoms with Crippen molar-refractivity contribution in [1.29, 1.82) is 0 Å². The van der Waals surface area contributed by atoms with Crippen LogP contribution in [0.5, 0.6) is 5.75 Å². The number of nitrogens with one attached hydrogen (secondary N) is 1. The number of rotatable bonds is 5. The van der Waals surface area contributed by atoms with E-state index in [1.807, 2.05) is 31.3 Å². The maximum absolute atomic E-state index is 6.12. The van der Waals surface area contributed by atoms with Crippen LogP contribution in [0.1, 0.15) is 11.1 Å². The normalized spacial score (nSPS) is 10.6. The van der Waals surface area contributed by atoms with Crippen LogP contribution in [-0.4, -0.2) is 7.05 Å². The van der Waals surface area contributed by atoms with Gasteiger partial charge in [-0.1, -0.05) is 35.3 Å². The predicted molar refractivity (Wildman–Crippen MR) is 87.7 cm³/mol. The fraction of sp³-hybridized carbons (Fsp3) is 0.200. The first kappa shape index (κ1) is 15.6. The van der Waals surface area contributed by atoms with Gasteiger partial charge >= 0.3 is 0 Å². The Morgan fingerprint density at radius 1 is 1.15 bits per heavy atom. The molecule has 0 fully saturated rings. The summed E-state index contributed by atoms with van der Waals surface area (Å²) in [6.45, 7) is 1.22. The molecule has 0 saturated heterocycles. The van der Waals surface area contributed by atoms with Crippen molar-refractivity contribution < 1.29 is 4.74 Å². The fourth-order valence-electron chi connectivity index (χ4n) is 1.77. The van der Waals surface area contributed by atoms with Crippen molar-refractivity contribution >= 4 is 39.1 Å². The van der Waals surface area contributed by atoms with Crippen molar-refractivity contribution in [1.82, 2.24) is 5.32 Å². The molecule has 0 saturated carbocycles. The zero-order valence-electron chi connectivity index (χ0n) is 10.9. The summed E-state index contributed by atoms with van der Waals surface area (Å²) >= 11 is 15.5. The maximum Gasteiger partial charge on any atom is 0.134 e. The Hall–Kier alpha value is -0.740. The summed E-state index contributed by atoms with van der Waals surface area (Å²) in [4.78, 5) is 0. The molecule has 0 aromatic heterocycles. The van der Waals surface area contributed by atoms with Crippen LogP contribution in [0.2, 0.25) is 10.0 Å². The van der Waals surface area contributed by atoms with Crippen LogP contribution < -0.4 is 10.1 Å². The zero-order valence-corrected chi connectivity index (χ0v) is 14.0. The van der Waals surface area contributed by atoms with Gasteiger partial charge in [0.2, 0.25) is 0 Å². The molecule has 0 amide bonds. The Balaban J connectivity index is 2.07. The molecule has 0 atom stereocenters. The van der Waals surface area contributed by atoms with Gasteiger partial charge < -0.3 is 10.1 Å². The van der Waals surface area contributed by atoms with E-state index in [9.17, 15) is 0 Å². The van der Waals surface area contributed by atoms with Crippen LogP contribution in [0, 0.1) is 0 Å². The van der Waals surface area contributed by atoms with Gasteiger partial charge in [-0.25, -0.2) is 0 Å². The van der Waals surface area contributed by atoms with Crippen LogP contribution in [0.3, 0.4) is 0 Å². The Bertz CT molecular complexity index is 604. The van der Waals surface area contributed by atoms with Gasteiger partial charge in [0.15, 0.2) is 0 Å². The van der Waals surface area contributed by atoms with Gasteiger partial charge in [0, 0.05) is 22.2 Å². The average Bonchev–Trinajstić information content (AvgIpc) is 2.40. The number of benzene rings is 2. The summed E-state index contributed by atoms with van der Waals surface area (Å²) in [5.41, 5.74) is 2.10. The standard InChI is InChI=1S/C15H14BrCl2NO/c1-19-8-10-2-5-15(13(16)6-10)20-9-11-3-4-12(17)7-14(11)18/h2-7,19H,8-9H2,1H3. The molecule has 1 N–H and O–H groups in total. The molecule has 0 heterocycles. The molecule has 20 heavy (non-hydrogen) atoms. The lowest BCUT2D eigenvalue weighted by Crippen LogP contribution is -2.05. The highest BCUT2D eigenvalue weighted by Gasteiger charge is 2.06. The summed E-state index contributed by atoms with van der Waals surface area (Å²) < 4.78 is 6.71. The molecule has 0 radical (unpaired) electrons. The molecule has 106 valence electrons. The minimum Gasteiger partial charge on any atom is -0.488 e. The third kappa shape index (κ3) is 4.13. The van der Waals surface area contributed by atoms with E-state index in [2.05, 4.69) is 21.2 Å². The predicted octanol–water partition coefficient (Wildman–Crippen LogP) is 5.05. The molecule has 0 aliphatic rings. The van der Waals surface area contributed by atoms with Crippen molar-refractivity contribution in [2.24, 2.45) is 0 Å². The van der Waals surface area contributed by atoms with Gasteiger partial charge in [0.1, 0.15) is 12.4 Å². The Morgan fingerprint density at radius 2 is 1.95 bits per heavy atom. The third-order valence-corrected chi connectivity index (χ3v) is 3.98. The molecule has 0 unspecified atom stereocenters. The van der Waals surface area contributed by atoms with Crippen molar-refractivity contribution in [2.75, 3.05) is 7.05 Å². The first-order valence-electron chi connectivity index (χ1n) is 6.10. The molecule has 2 aromatic carbocycles. The summed E-state index contributed by atoms with van der Waals surface area (Å²) in [5.74, 6) is 0.788. The summed E-state index contributed by atoms with van der Waals surface area (Å²) in [5, 5.41) is 4.34. The highest BCUT2D eigenvalue weighted by atomic mass is 79.9. The Kier molecular flexibility index (Phi) is 5.73. The second-order valence-corrected chi connectivity index (χ2v) is 6.02. The number of halogens is 3. The molecule has 0 spiro atoms. The molecule has 2 aromatic rings. The number of ether oxygens (including phenoxy) is 1. The quantitative estimate of drug-likeness (QED) is 0.790. The van der Waals surface area contributed by atoms with Crippen LogP contribution >= 0.6 is 39.1 Å². The van der Waals surface area contributed by atoms with Crippen LogP contribution in [0.15, 0.2) is 40.9 Å². The third-order valence-electron chi connectivity index (χ3n) is 2.78. The van der Waals surface area contributed by atoms with E-state index in [1.54, 1.807) is 12.1 Å². The minimum absolute atomic E-state index is 0.403. The lowest BCUT2D eigenvalue weighted by molar-refractivity contribution is 0.304. The van der Waals surface area contributed by atoms with Gasteiger partial charge in [-0.2, -0.15) is 0 Å². The van der Waals surface area contributed by atoms with Gasteiger partial charge in [0.05, 0.1) is 4.47 Å². The molecule has 2 rings (SSSR count). The van der Waals surface area contributed by atoms with E-state index in [0.717, 1.165) is 22.3 Å². The van der Waals surface area contributed by atoms with Crippen LogP contribution in [0.25, 0.3) is 0 Å². The van der Waals surface area contributed by atoms with Gasteiger partial charge in [-0.15, -0.1) is 0 Å². The van der Waals surface area contributed by atoms with Crippen molar-refractivity contribution in [2.45, 2.75) is 13.2 Å². The highest BCUT2D eigenvalue weighted by molar-refractivity contribution is 9.10. The van der Waals surface area contributed by atoms with E-state index in [4.69, 9.17) is 27.9 Å². The summed E-state index contributed by atoms with van der Waals surface area (Å²) in [6, 6.07) is 11.4. The number of hydrogen-bond acceptors (Lipinski definition) is 2. The van der Waals surface area contributed by atoms with Crippen molar-refractivity contribution in [3.63, 3.8) is 0 Å². The SMILES string of the molecule is CNCc1ccc(OCc2ccc(Cl)cc2Cl)c(Br)c1. The monoisotopic (exact) mass is 373 g/mol. The highest BCUT2D eigenvalue weighted by Crippen LogP contribution is 2.28. The maximum atomic E-state index is 6.12. The van der Waals surface area contributed by atoms with Crippen LogP contribution in [0.4, 0.5) is 0 Å². The van der Waals surface area contributed by atoms with Gasteiger partial charge in [-0.05, 0) is 52.8 Å². The molecular weight excluding hydrogens is 361 g/mol. The Labute approximate surface area is 137 Å². The first-order valence-corrected chi connectivity index (χ1v) is 7.65. The second-order valence-electron chi connectivity index (χ2n) is 4.32. The van der Waals surface area contributed by atoms with E-state index < -0.39 is 0 Å². The minimum atomic E-state index is 0.403. The largest absolute Gasteiger partial charge is 0.488 e. The molecule has 0 bridgehead atoms. The van der Waals surface area contributed by atoms with Gasteiger partial charge in [0.25, 0.3) is 0 Å². The average molecular weight is 375 g/mol.